The molecule has 0 heterocycles. The Morgan fingerprint density at radius 1 is 1.67 bits per heavy atom. The van der Waals surface area contributed by atoms with Crippen LogP contribution in [0.5, 0.6) is 0 Å². The zero-order chi connectivity index (χ0) is 7.07. The number of alkyl halides is 2. The van der Waals surface area contributed by atoms with E-state index in [4.69, 9.17) is 0 Å². The van der Waals surface area contributed by atoms with Crippen LogP contribution in [0, 0.1) is 11.3 Å². The Morgan fingerprint density at radius 2 is 2.11 bits per heavy atom. The lowest BCUT2D eigenvalue weighted by Crippen LogP contribution is -2.12. The van der Waals surface area contributed by atoms with E-state index >= 15 is 0 Å². The fraction of sp³-hybridized carbons (Fsp3) is 1.00. The molecule has 1 fully saturated rings. The van der Waals surface area contributed by atoms with Crippen molar-refractivity contribution < 1.29 is 8.78 Å². The Kier molecular flexibility index (Phi) is 1.49. The van der Waals surface area contributed by atoms with Crippen molar-refractivity contribution >= 4 is 0 Å². The average Bonchev–Trinajstić information content (AvgIpc) is 2.43. The second-order valence-corrected chi connectivity index (χ2v) is 2.99. The fourth-order valence-electron chi connectivity index (χ4n) is 1.46. The molecule has 0 N–H and O–H groups in total. The summed E-state index contributed by atoms with van der Waals surface area (Å²) in [5.74, 6) is 0.252. The van der Waals surface area contributed by atoms with Crippen molar-refractivity contribution in [2.75, 3.05) is 0 Å². The lowest BCUT2D eigenvalue weighted by atomic mass is 10.0. The van der Waals surface area contributed by atoms with Gasteiger partial charge in [0, 0.05) is 5.41 Å². The summed E-state index contributed by atoms with van der Waals surface area (Å²) in [5.41, 5.74) is -0.583. The van der Waals surface area contributed by atoms with E-state index in [1.54, 1.807) is 0 Å². The second-order valence-electron chi connectivity index (χ2n) is 2.99. The van der Waals surface area contributed by atoms with E-state index in [1.807, 2.05) is 13.8 Å². The molecular formula is C7H12F2. The highest BCUT2D eigenvalue weighted by molar-refractivity contribution is 5.00. The first-order valence-electron chi connectivity index (χ1n) is 3.41. The Bertz CT molecular complexity index is 107. The monoisotopic (exact) mass is 134 g/mol. The summed E-state index contributed by atoms with van der Waals surface area (Å²) in [6.45, 7) is 3.74. The maximum Gasteiger partial charge on any atom is 0.244 e. The maximum atomic E-state index is 12.1. The van der Waals surface area contributed by atoms with E-state index in [0.29, 0.717) is 6.42 Å². The first-order valence-corrected chi connectivity index (χ1v) is 3.41. The smallest absolute Gasteiger partial charge is 0.210 e. The molecule has 1 saturated carbocycles. The van der Waals surface area contributed by atoms with Crippen LogP contribution >= 0.6 is 0 Å². The third-order valence-electron chi connectivity index (χ3n) is 2.60. The lowest BCUT2D eigenvalue weighted by molar-refractivity contribution is 0.0508. The van der Waals surface area contributed by atoms with Crippen LogP contribution in [0.1, 0.15) is 26.7 Å². The van der Waals surface area contributed by atoms with Gasteiger partial charge >= 0.3 is 0 Å². The molecule has 1 aliphatic carbocycles. The van der Waals surface area contributed by atoms with Crippen molar-refractivity contribution in [3.05, 3.63) is 0 Å². The van der Waals surface area contributed by atoms with Crippen LogP contribution < -0.4 is 0 Å². The average molecular weight is 134 g/mol. The zero-order valence-electron chi connectivity index (χ0n) is 5.82. The van der Waals surface area contributed by atoms with Gasteiger partial charge < -0.3 is 0 Å². The van der Waals surface area contributed by atoms with Crippen molar-refractivity contribution in [2.45, 2.75) is 33.1 Å². The summed E-state index contributed by atoms with van der Waals surface area (Å²) < 4.78 is 24.3. The molecule has 9 heavy (non-hydrogen) atoms. The normalized spacial score (nSPS) is 41.7. The van der Waals surface area contributed by atoms with Crippen molar-refractivity contribution in [3.63, 3.8) is 0 Å². The van der Waals surface area contributed by atoms with Gasteiger partial charge in [0.05, 0.1) is 0 Å². The molecule has 54 valence electrons. The van der Waals surface area contributed by atoms with Gasteiger partial charge in [0.25, 0.3) is 0 Å². The minimum absolute atomic E-state index is 0.252. The lowest BCUT2D eigenvalue weighted by Gasteiger charge is -2.10. The van der Waals surface area contributed by atoms with Crippen LogP contribution in [0.3, 0.4) is 0 Å². The number of hydrogen-bond donors (Lipinski definition) is 0. The van der Waals surface area contributed by atoms with Gasteiger partial charge in [-0.2, -0.15) is 0 Å². The van der Waals surface area contributed by atoms with Crippen LogP contribution in [-0.4, -0.2) is 6.43 Å². The summed E-state index contributed by atoms with van der Waals surface area (Å²) in [6, 6.07) is 0. The minimum atomic E-state index is -2.10. The first-order chi connectivity index (χ1) is 4.13. The quantitative estimate of drug-likeness (QED) is 0.544. The Hall–Kier alpha value is -0.140. The number of rotatable bonds is 2. The van der Waals surface area contributed by atoms with Crippen LogP contribution in [0.2, 0.25) is 0 Å². The number of halogens is 2. The Labute approximate surface area is 54.3 Å². The summed E-state index contributed by atoms with van der Waals surface area (Å²) in [6.07, 6.45) is -0.745. The molecular weight excluding hydrogens is 122 g/mol. The Morgan fingerprint density at radius 3 is 2.11 bits per heavy atom. The van der Waals surface area contributed by atoms with Gasteiger partial charge in [-0.15, -0.1) is 0 Å². The predicted molar refractivity (Wildman–Crippen MR) is 32.5 cm³/mol. The molecule has 2 heteroatoms. The topological polar surface area (TPSA) is 0 Å². The van der Waals surface area contributed by atoms with E-state index in [9.17, 15) is 8.78 Å². The maximum absolute atomic E-state index is 12.1. The molecule has 0 aliphatic heterocycles. The highest BCUT2D eigenvalue weighted by atomic mass is 19.3. The third-order valence-corrected chi connectivity index (χ3v) is 2.60. The van der Waals surface area contributed by atoms with Crippen LogP contribution in [0.15, 0.2) is 0 Å². The molecule has 0 radical (unpaired) electrons. The molecule has 0 spiro atoms. The number of hydrogen-bond acceptors (Lipinski definition) is 0. The highest BCUT2D eigenvalue weighted by Gasteiger charge is 2.56. The highest BCUT2D eigenvalue weighted by Crippen LogP contribution is 2.58. The molecule has 2 atom stereocenters. The zero-order valence-corrected chi connectivity index (χ0v) is 5.82. The summed E-state index contributed by atoms with van der Waals surface area (Å²) in [5, 5.41) is 0. The van der Waals surface area contributed by atoms with Gasteiger partial charge in [-0.05, 0) is 18.8 Å². The van der Waals surface area contributed by atoms with Crippen molar-refractivity contribution in [3.8, 4) is 0 Å². The molecule has 0 amide bonds. The van der Waals surface area contributed by atoms with Gasteiger partial charge in [-0.1, -0.05) is 13.8 Å². The van der Waals surface area contributed by atoms with Gasteiger partial charge in [0.1, 0.15) is 0 Å². The molecule has 0 saturated heterocycles. The van der Waals surface area contributed by atoms with E-state index in [0.717, 1.165) is 6.42 Å². The molecule has 1 aliphatic rings. The van der Waals surface area contributed by atoms with E-state index < -0.39 is 11.8 Å². The van der Waals surface area contributed by atoms with Crippen LogP contribution in [-0.2, 0) is 0 Å². The van der Waals surface area contributed by atoms with E-state index in [2.05, 4.69) is 0 Å². The van der Waals surface area contributed by atoms with Crippen molar-refractivity contribution in [2.24, 2.45) is 11.3 Å². The minimum Gasteiger partial charge on any atom is -0.210 e. The SMILES string of the molecule is CC[C@@]1(C(F)F)CC1C. The van der Waals surface area contributed by atoms with Gasteiger partial charge in [-0.3, -0.25) is 0 Å². The van der Waals surface area contributed by atoms with Crippen LogP contribution in [0.25, 0.3) is 0 Å². The summed E-state index contributed by atoms with van der Waals surface area (Å²) >= 11 is 0. The van der Waals surface area contributed by atoms with E-state index in [1.165, 1.54) is 0 Å². The standard InChI is InChI=1S/C7H12F2/c1-3-7(6(8)9)4-5(7)2/h5-6H,3-4H2,1-2H3/t5?,7-/m1/s1. The van der Waals surface area contributed by atoms with Crippen LogP contribution in [0.4, 0.5) is 8.78 Å². The van der Waals surface area contributed by atoms with Gasteiger partial charge in [0.2, 0.25) is 6.43 Å². The Balaban J connectivity index is 2.52. The largest absolute Gasteiger partial charge is 0.244 e. The van der Waals surface area contributed by atoms with Crippen molar-refractivity contribution in [1.82, 2.24) is 0 Å². The van der Waals surface area contributed by atoms with Crippen molar-refractivity contribution in [1.29, 1.82) is 0 Å². The molecule has 0 aromatic carbocycles. The predicted octanol–water partition coefficient (Wildman–Crippen LogP) is 2.69. The van der Waals surface area contributed by atoms with Gasteiger partial charge in [-0.25, -0.2) is 8.78 Å². The second kappa shape index (κ2) is 1.93. The van der Waals surface area contributed by atoms with Gasteiger partial charge in [0.15, 0.2) is 0 Å². The van der Waals surface area contributed by atoms with E-state index in [-0.39, 0.29) is 5.92 Å². The molecule has 0 aromatic rings. The molecule has 1 unspecified atom stereocenters. The summed E-state index contributed by atoms with van der Waals surface area (Å²) in [4.78, 5) is 0. The fourth-order valence-corrected chi connectivity index (χ4v) is 1.46. The molecule has 0 bridgehead atoms. The summed E-state index contributed by atoms with van der Waals surface area (Å²) in [7, 11) is 0. The molecule has 0 nitrogen and oxygen atoms in total. The molecule has 0 aromatic heterocycles. The third kappa shape index (κ3) is 0.846. The first kappa shape index (κ1) is 6.97. The molecule has 1 rings (SSSR count).